The van der Waals surface area contributed by atoms with Gasteiger partial charge in [-0.05, 0) is 42.9 Å². The summed E-state index contributed by atoms with van der Waals surface area (Å²) in [5.74, 6) is 0.760. The molecule has 0 amide bonds. The van der Waals surface area contributed by atoms with Gasteiger partial charge in [-0.15, -0.1) is 0 Å². The van der Waals surface area contributed by atoms with Crippen molar-refractivity contribution in [3.8, 4) is 0 Å². The van der Waals surface area contributed by atoms with Crippen LogP contribution in [0.1, 0.15) is 51.0 Å². The molecule has 3 heteroatoms. The van der Waals surface area contributed by atoms with Crippen molar-refractivity contribution in [1.82, 2.24) is 0 Å². The third-order valence-electron chi connectivity index (χ3n) is 4.42. The molecule has 1 nitrogen and oxygen atoms in total. The molecule has 106 valence electrons. The lowest BCUT2D eigenvalue weighted by Crippen LogP contribution is -2.31. The van der Waals surface area contributed by atoms with Crippen molar-refractivity contribution < 1.29 is 5.11 Å². The van der Waals surface area contributed by atoms with Crippen LogP contribution >= 0.6 is 23.2 Å². The molecule has 1 saturated carbocycles. The highest BCUT2D eigenvalue weighted by atomic mass is 35.5. The monoisotopic (exact) mass is 300 g/mol. The Balaban J connectivity index is 2.12. The van der Waals surface area contributed by atoms with Crippen molar-refractivity contribution in [2.45, 2.75) is 57.5 Å². The molecular formula is C16H22Cl2O. The highest BCUT2D eigenvalue weighted by Crippen LogP contribution is 2.37. The first-order valence-corrected chi connectivity index (χ1v) is 7.95. The van der Waals surface area contributed by atoms with Crippen molar-refractivity contribution in [2.24, 2.45) is 5.92 Å². The second-order valence-electron chi connectivity index (χ2n) is 5.81. The van der Waals surface area contributed by atoms with E-state index in [4.69, 9.17) is 23.2 Å². The second kappa shape index (κ2) is 6.47. The van der Waals surface area contributed by atoms with Gasteiger partial charge in [-0.2, -0.15) is 0 Å². The molecule has 0 bridgehead atoms. The van der Waals surface area contributed by atoms with Gasteiger partial charge in [-0.3, -0.25) is 0 Å². The van der Waals surface area contributed by atoms with Crippen molar-refractivity contribution in [3.63, 3.8) is 0 Å². The molecule has 0 spiro atoms. The van der Waals surface area contributed by atoms with Crippen LogP contribution in [0.3, 0.4) is 0 Å². The van der Waals surface area contributed by atoms with E-state index in [1.54, 1.807) is 0 Å². The van der Waals surface area contributed by atoms with Crippen LogP contribution < -0.4 is 0 Å². The van der Waals surface area contributed by atoms with E-state index < -0.39 is 5.60 Å². The maximum Gasteiger partial charge on any atom is 0.0689 e. The van der Waals surface area contributed by atoms with E-state index in [-0.39, 0.29) is 0 Å². The number of hydrogen-bond acceptors (Lipinski definition) is 1. The Morgan fingerprint density at radius 2 is 1.89 bits per heavy atom. The van der Waals surface area contributed by atoms with Gasteiger partial charge in [0.15, 0.2) is 0 Å². The lowest BCUT2D eigenvalue weighted by atomic mass is 9.87. The molecule has 19 heavy (non-hydrogen) atoms. The Hall–Kier alpha value is -0.240. The summed E-state index contributed by atoms with van der Waals surface area (Å²) in [6.07, 6.45) is 6.92. The SMILES string of the molecule is CCC1CCCC(O)(Cc2c(Cl)cccc2Cl)CC1. The Labute approximate surface area is 125 Å². The van der Waals surface area contributed by atoms with Gasteiger partial charge >= 0.3 is 0 Å². The molecule has 1 fully saturated rings. The lowest BCUT2D eigenvalue weighted by Gasteiger charge is -2.27. The molecular weight excluding hydrogens is 279 g/mol. The van der Waals surface area contributed by atoms with E-state index in [1.165, 1.54) is 12.8 Å². The van der Waals surface area contributed by atoms with Crippen molar-refractivity contribution >= 4 is 23.2 Å². The number of aliphatic hydroxyl groups is 1. The summed E-state index contributed by atoms with van der Waals surface area (Å²) in [4.78, 5) is 0. The molecule has 1 N–H and O–H groups in total. The van der Waals surface area contributed by atoms with E-state index in [1.807, 2.05) is 18.2 Å². The minimum atomic E-state index is -0.640. The van der Waals surface area contributed by atoms with E-state index in [9.17, 15) is 5.11 Å². The van der Waals surface area contributed by atoms with Crippen LogP contribution in [-0.4, -0.2) is 10.7 Å². The fraction of sp³-hybridized carbons (Fsp3) is 0.625. The normalized spacial score (nSPS) is 28.1. The molecule has 0 aromatic heterocycles. The van der Waals surface area contributed by atoms with Crippen molar-refractivity contribution in [2.75, 3.05) is 0 Å². The summed E-state index contributed by atoms with van der Waals surface area (Å²) in [6, 6.07) is 5.54. The summed E-state index contributed by atoms with van der Waals surface area (Å²) < 4.78 is 0. The van der Waals surface area contributed by atoms with Gasteiger partial charge in [0, 0.05) is 16.5 Å². The Morgan fingerprint density at radius 1 is 1.21 bits per heavy atom. The predicted octanol–water partition coefficient (Wildman–Crippen LogP) is 5.26. The lowest BCUT2D eigenvalue weighted by molar-refractivity contribution is 0.0242. The van der Waals surface area contributed by atoms with Crippen LogP contribution in [-0.2, 0) is 6.42 Å². The van der Waals surface area contributed by atoms with Crippen LogP contribution in [0.5, 0.6) is 0 Å². The molecule has 2 atom stereocenters. The predicted molar refractivity (Wildman–Crippen MR) is 82.0 cm³/mol. The fourth-order valence-electron chi connectivity index (χ4n) is 3.08. The van der Waals surface area contributed by atoms with Gasteiger partial charge in [-0.1, -0.05) is 55.5 Å². The maximum absolute atomic E-state index is 10.8. The molecule has 0 radical (unpaired) electrons. The molecule has 1 aliphatic carbocycles. The summed E-state index contributed by atoms with van der Waals surface area (Å²) in [6.45, 7) is 2.24. The first-order chi connectivity index (χ1) is 9.04. The van der Waals surface area contributed by atoms with Gasteiger partial charge in [0.05, 0.1) is 5.60 Å². The summed E-state index contributed by atoms with van der Waals surface area (Å²) in [7, 11) is 0. The van der Waals surface area contributed by atoms with E-state index >= 15 is 0 Å². The zero-order chi connectivity index (χ0) is 13.9. The van der Waals surface area contributed by atoms with E-state index in [2.05, 4.69) is 6.92 Å². The van der Waals surface area contributed by atoms with Crippen molar-refractivity contribution in [1.29, 1.82) is 0 Å². The zero-order valence-electron chi connectivity index (χ0n) is 11.5. The van der Waals surface area contributed by atoms with E-state index in [0.717, 1.165) is 37.2 Å². The number of halogens is 2. The first kappa shape index (κ1) is 15.2. The number of hydrogen-bond donors (Lipinski definition) is 1. The fourth-order valence-corrected chi connectivity index (χ4v) is 3.61. The first-order valence-electron chi connectivity index (χ1n) is 7.19. The molecule has 1 aromatic rings. The van der Waals surface area contributed by atoms with Gasteiger partial charge in [0.25, 0.3) is 0 Å². The third-order valence-corrected chi connectivity index (χ3v) is 5.13. The van der Waals surface area contributed by atoms with Crippen LogP contribution in [0.15, 0.2) is 18.2 Å². The minimum absolute atomic E-state index is 0.571. The summed E-state index contributed by atoms with van der Waals surface area (Å²) >= 11 is 12.4. The molecule has 0 aliphatic heterocycles. The quantitative estimate of drug-likeness (QED) is 0.755. The van der Waals surface area contributed by atoms with Crippen LogP contribution in [0.25, 0.3) is 0 Å². The number of benzene rings is 1. The average molecular weight is 301 g/mol. The average Bonchev–Trinajstić information content (AvgIpc) is 2.56. The number of rotatable bonds is 3. The molecule has 0 saturated heterocycles. The Bertz CT molecular complexity index is 413. The van der Waals surface area contributed by atoms with Gasteiger partial charge in [0.1, 0.15) is 0 Å². The van der Waals surface area contributed by atoms with Gasteiger partial charge < -0.3 is 5.11 Å². The Kier molecular flexibility index (Phi) is 5.16. The molecule has 1 aliphatic rings. The molecule has 1 aromatic carbocycles. The standard InChI is InChI=1S/C16H22Cl2O/c1-2-12-5-4-9-16(19,10-8-12)11-13-14(17)6-3-7-15(13)18/h3,6-7,12,19H,2,4-5,8-11H2,1H3. The zero-order valence-corrected chi connectivity index (χ0v) is 13.0. The minimum Gasteiger partial charge on any atom is -0.390 e. The van der Waals surface area contributed by atoms with Crippen molar-refractivity contribution in [3.05, 3.63) is 33.8 Å². The summed E-state index contributed by atoms with van der Waals surface area (Å²) in [5.41, 5.74) is 0.252. The van der Waals surface area contributed by atoms with E-state index in [0.29, 0.717) is 16.5 Å². The second-order valence-corrected chi connectivity index (χ2v) is 6.62. The topological polar surface area (TPSA) is 20.2 Å². The molecule has 2 unspecified atom stereocenters. The van der Waals surface area contributed by atoms with Crippen LogP contribution in [0.2, 0.25) is 10.0 Å². The van der Waals surface area contributed by atoms with Crippen LogP contribution in [0.4, 0.5) is 0 Å². The third kappa shape index (κ3) is 3.87. The Morgan fingerprint density at radius 3 is 2.53 bits per heavy atom. The summed E-state index contributed by atoms with van der Waals surface area (Å²) in [5, 5.41) is 12.2. The highest BCUT2D eigenvalue weighted by Gasteiger charge is 2.31. The molecule has 0 heterocycles. The largest absolute Gasteiger partial charge is 0.390 e. The van der Waals surface area contributed by atoms with Crippen LogP contribution in [0, 0.1) is 5.92 Å². The highest BCUT2D eigenvalue weighted by molar-refractivity contribution is 6.36. The van der Waals surface area contributed by atoms with Gasteiger partial charge in [-0.25, -0.2) is 0 Å². The van der Waals surface area contributed by atoms with Gasteiger partial charge in [0.2, 0.25) is 0 Å². The maximum atomic E-state index is 10.8. The molecule has 2 rings (SSSR count). The smallest absolute Gasteiger partial charge is 0.0689 e.